The molecule has 1 unspecified atom stereocenters. The average Bonchev–Trinajstić information content (AvgIpc) is 3.05. The van der Waals surface area contributed by atoms with Gasteiger partial charge in [0.1, 0.15) is 0 Å². The van der Waals surface area contributed by atoms with Crippen LogP contribution in [0, 0.1) is 13.8 Å². The summed E-state index contributed by atoms with van der Waals surface area (Å²) in [6.45, 7) is 5.05. The first-order valence-corrected chi connectivity index (χ1v) is 11.2. The molecule has 2 heterocycles. The van der Waals surface area contributed by atoms with Crippen molar-refractivity contribution >= 4 is 39.2 Å². The van der Waals surface area contributed by atoms with Gasteiger partial charge in [-0.2, -0.15) is 5.10 Å². The molecule has 1 amide bonds. The molecule has 12 heteroatoms. The van der Waals surface area contributed by atoms with E-state index in [1.807, 2.05) is 19.9 Å². The molecule has 0 radical (unpaired) electrons. The number of halogens is 1. The van der Waals surface area contributed by atoms with E-state index in [0.717, 1.165) is 11.4 Å². The highest BCUT2D eigenvalue weighted by Crippen LogP contribution is 2.19. The van der Waals surface area contributed by atoms with Crippen LogP contribution < -0.4 is 10.5 Å². The molecule has 0 saturated carbocycles. The molecule has 1 aromatic carbocycles. The number of nitrogens with one attached hydrogen (secondary N) is 1. The van der Waals surface area contributed by atoms with Crippen LogP contribution in [0.2, 0.25) is 5.02 Å². The Bertz CT molecular complexity index is 1290. The third-order valence-electron chi connectivity index (χ3n) is 4.35. The first-order chi connectivity index (χ1) is 15.0. The van der Waals surface area contributed by atoms with E-state index in [4.69, 9.17) is 21.5 Å². The summed E-state index contributed by atoms with van der Waals surface area (Å²) in [4.78, 5) is 29.1. The molecular weight excluding hydrogens is 458 g/mol. The van der Waals surface area contributed by atoms with Crippen molar-refractivity contribution in [1.29, 1.82) is 0 Å². The molecule has 2 aromatic heterocycles. The van der Waals surface area contributed by atoms with E-state index < -0.39 is 28.0 Å². The zero-order valence-electron chi connectivity index (χ0n) is 17.4. The number of esters is 1. The van der Waals surface area contributed by atoms with Crippen LogP contribution in [0.5, 0.6) is 0 Å². The Morgan fingerprint density at radius 1 is 1.16 bits per heavy atom. The van der Waals surface area contributed by atoms with Gasteiger partial charge in [-0.1, -0.05) is 11.6 Å². The number of nitrogens with zero attached hydrogens (tertiary/aromatic N) is 3. The van der Waals surface area contributed by atoms with E-state index in [-0.39, 0.29) is 15.6 Å². The Kier molecular flexibility index (Phi) is 6.63. The number of pyridine rings is 1. The second kappa shape index (κ2) is 9.07. The number of amides is 1. The summed E-state index contributed by atoms with van der Waals surface area (Å²) in [5, 5.41) is 11.9. The summed E-state index contributed by atoms with van der Waals surface area (Å²) in [6, 6.07) is 10.2. The fourth-order valence-corrected chi connectivity index (χ4v) is 3.49. The van der Waals surface area contributed by atoms with Crippen LogP contribution in [-0.4, -0.2) is 41.2 Å². The molecule has 1 atom stereocenters. The lowest BCUT2D eigenvalue weighted by Gasteiger charge is -2.14. The number of ether oxygens (including phenoxy) is 1. The molecule has 0 fully saturated rings. The Labute approximate surface area is 189 Å². The van der Waals surface area contributed by atoms with Crippen molar-refractivity contribution in [2.45, 2.75) is 31.8 Å². The topological polar surface area (TPSA) is 146 Å². The van der Waals surface area contributed by atoms with Crippen LogP contribution in [-0.2, 0) is 19.6 Å². The lowest BCUT2D eigenvalue weighted by molar-refractivity contribution is -0.123. The number of carbonyl (C=O) groups excluding carboxylic acids is 2. The molecule has 0 spiro atoms. The van der Waals surface area contributed by atoms with E-state index in [1.165, 1.54) is 37.3 Å². The number of hydrogen-bond acceptors (Lipinski definition) is 7. The fraction of sp³-hybridized carbons (Fsp3) is 0.200. The lowest BCUT2D eigenvalue weighted by Crippen LogP contribution is -2.30. The van der Waals surface area contributed by atoms with Crippen LogP contribution in [0.3, 0.4) is 0 Å². The molecule has 0 aliphatic carbocycles. The van der Waals surface area contributed by atoms with Crippen molar-refractivity contribution in [2.24, 2.45) is 5.14 Å². The van der Waals surface area contributed by atoms with Crippen LogP contribution in [0.1, 0.15) is 28.8 Å². The molecule has 0 aliphatic rings. The predicted octanol–water partition coefficient (Wildman–Crippen LogP) is 2.37. The Morgan fingerprint density at radius 2 is 1.81 bits per heavy atom. The number of benzene rings is 1. The Balaban J connectivity index is 1.71. The second-order valence-electron chi connectivity index (χ2n) is 6.94. The Hall–Kier alpha value is -3.28. The monoisotopic (exact) mass is 477 g/mol. The standard InChI is InChI=1S/C20H20ClN5O5S/c1-11-10-12(2)26(25-11)17-9-8-16(21)18(24-17)20(28)31-13(3)19(27)23-14-4-6-15(7-5-14)32(22,29)30/h4-10,13H,1-3H3,(H,23,27)(H2,22,29,30). The number of anilines is 1. The van der Waals surface area contributed by atoms with Crippen LogP contribution in [0.25, 0.3) is 5.82 Å². The normalized spacial score (nSPS) is 12.3. The van der Waals surface area contributed by atoms with Gasteiger partial charge in [-0.25, -0.2) is 28.0 Å². The minimum Gasteiger partial charge on any atom is -0.448 e. The molecule has 168 valence electrons. The van der Waals surface area contributed by atoms with Crippen molar-refractivity contribution in [3.63, 3.8) is 0 Å². The Morgan fingerprint density at radius 3 is 2.38 bits per heavy atom. The van der Waals surface area contributed by atoms with E-state index in [2.05, 4.69) is 15.4 Å². The summed E-state index contributed by atoms with van der Waals surface area (Å²) in [5.41, 5.74) is 1.74. The number of carbonyl (C=O) groups is 2. The number of aryl methyl sites for hydroxylation is 2. The van der Waals surface area contributed by atoms with E-state index in [9.17, 15) is 18.0 Å². The largest absolute Gasteiger partial charge is 0.448 e. The molecule has 0 bridgehead atoms. The molecule has 0 saturated heterocycles. The summed E-state index contributed by atoms with van der Waals surface area (Å²) >= 11 is 6.12. The van der Waals surface area contributed by atoms with E-state index in [0.29, 0.717) is 11.5 Å². The minimum atomic E-state index is -3.85. The average molecular weight is 478 g/mol. The van der Waals surface area contributed by atoms with Crippen LogP contribution >= 0.6 is 11.6 Å². The maximum atomic E-state index is 12.6. The summed E-state index contributed by atoms with van der Waals surface area (Å²) < 4.78 is 29.4. The van der Waals surface area contributed by atoms with Crippen molar-refractivity contribution in [2.75, 3.05) is 5.32 Å². The van der Waals surface area contributed by atoms with Gasteiger partial charge in [-0.3, -0.25) is 4.79 Å². The highest BCUT2D eigenvalue weighted by atomic mass is 35.5. The maximum Gasteiger partial charge on any atom is 0.359 e. The molecular formula is C20H20ClN5O5S. The molecule has 3 N–H and O–H groups in total. The van der Waals surface area contributed by atoms with Gasteiger partial charge in [-0.05, 0) is 63.2 Å². The zero-order valence-corrected chi connectivity index (χ0v) is 18.9. The number of rotatable bonds is 6. The van der Waals surface area contributed by atoms with Gasteiger partial charge in [0.05, 0.1) is 15.6 Å². The van der Waals surface area contributed by atoms with Gasteiger partial charge >= 0.3 is 5.97 Å². The number of nitrogens with two attached hydrogens (primary N) is 1. The lowest BCUT2D eigenvalue weighted by atomic mass is 10.3. The number of hydrogen-bond donors (Lipinski definition) is 2. The van der Waals surface area contributed by atoms with Gasteiger partial charge in [0.15, 0.2) is 17.6 Å². The molecule has 32 heavy (non-hydrogen) atoms. The first kappa shape index (κ1) is 23.4. The number of aromatic nitrogens is 3. The van der Waals surface area contributed by atoms with E-state index in [1.54, 1.807) is 10.7 Å². The maximum absolute atomic E-state index is 12.6. The zero-order chi connectivity index (χ0) is 23.6. The summed E-state index contributed by atoms with van der Waals surface area (Å²) in [7, 11) is -3.85. The van der Waals surface area contributed by atoms with Crippen molar-refractivity contribution < 1.29 is 22.7 Å². The first-order valence-electron chi connectivity index (χ1n) is 9.30. The van der Waals surface area contributed by atoms with Gasteiger partial charge in [-0.15, -0.1) is 0 Å². The summed E-state index contributed by atoms with van der Waals surface area (Å²) in [6.07, 6.45) is -1.18. The van der Waals surface area contributed by atoms with Gasteiger partial charge < -0.3 is 10.1 Å². The van der Waals surface area contributed by atoms with Crippen molar-refractivity contribution in [1.82, 2.24) is 14.8 Å². The molecule has 0 aliphatic heterocycles. The van der Waals surface area contributed by atoms with Gasteiger partial charge in [0.2, 0.25) is 10.0 Å². The highest BCUT2D eigenvalue weighted by molar-refractivity contribution is 7.89. The van der Waals surface area contributed by atoms with Gasteiger partial charge in [0, 0.05) is 11.4 Å². The van der Waals surface area contributed by atoms with Crippen LogP contribution in [0.15, 0.2) is 47.4 Å². The van der Waals surface area contributed by atoms with Crippen molar-refractivity contribution in [3.8, 4) is 5.82 Å². The number of sulfonamides is 1. The fourth-order valence-electron chi connectivity index (χ4n) is 2.80. The molecule has 3 aromatic rings. The third-order valence-corrected chi connectivity index (χ3v) is 5.59. The van der Waals surface area contributed by atoms with Crippen LogP contribution in [0.4, 0.5) is 5.69 Å². The summed E-state index contributed by atoms with van der Waals surface area (Å²) in [5.74, 6) is -1.14. The van der Waals surface area contributed by atoms with E-state index >= 15 is 0 Å². The quantitative estimate of drug-likeness (QED) is 0.518. The molecule has 10 nitrogen and oxygen atoms in total. The highest BCUT2D eigenvalue weighted by Gasteiger charge is 2.23. The molecule has 3 rings (SSSR count). The van der Waals surface area contributed by atoms with Gasteiger partial charge in [0.25, 0.3) is 5.91 Å². The second-order valence-corrected chi connectivity index (χ2v) is 8.91. The number of primary sulfonamides is 1. The smallest absolute Gasteiger partial charge is 0.359 e. The third kappa shape index (κ3) is 5.31. The predicted molar refractivity (Wildman–Crippen MR) is 117 cm³/mol. The van der Waals surface area contributed by atoms with Crippen molar-refractivity contribution in [3.05, 3.63) is 64.6 Å². The minimum absolute atomic E-state index is 0.0615. The SMILES string of the molecule is Cc1cc(C)n(-c2ccc(Cl)c(C(=O)OC(C)C(=O)Nc3ccc(S(N)(=O)=O)cc3)n2)n1.